The molecule has 0 radical (unpaired) electrons. The van der Waals surface area contributed by atoms with Crippen LogP contribution in [0, 0.1) is 11.6 Å². The topological polar surface area (TPSA) is 45.6 Å². The number of para-hydroxylation sites is 1. The fraction of sp³-hybridized carbons (Fsp3) is 0.317. The number of amides is 1. The van der Waals surface area contributed by atoms with E-state index >= 15 is 0 Å². The highest BCUT2D eigenvalue weighted by molar-refractivity contribution is 5.83. The molecular formula is C41H40F5N3O2. The van der Waals surface area contributed by atoms with E-state index in [1.807, 2.05) is 24.3 Å². The number of aryl methyl sites for hydroxylation is 2. The number of alkyl halides is 3. The van der Waals surface area contributed by atoms with Gasteiger partial charge in [-0.2, -0.15) is 13.2 Å². The summed E-state index contributed by atoms with van der Waals surface area (Å²) in [6, 6.07) is 25.0. The molecule has 0 spiro atoms. The molecule has 51 heavy (non-hydrogen) atoms. The van der Waals surface area contributed by atoms with Gasteiger partial charge in [0.1, 0.15) is 6.54 Å². The number of hydrogen-bond acceptors (Lipinski definition) is 3. The summed E-state index contributed by atoms with van der Waals surface area (Å²) in [7, 11) is 0. The third kappa shape index (κ3) is 8.92. The molecule has 2 heterocycles. The van der Waals surface area contributed by atoms with Crippen molar-refractivity contribution in [1.82, 2.24) is 14.4 Å². The Morgan fingerprint density at radius 1 is 0.784 bits per heavy atom. The number of nitrogens with zero attached hydrogens (tertiary/aromatic N) is 3. The average molecular weight is 702 g/mol. The molecule has 0 atom stereocenters. The van der Waals surface area contributed by atoms with E-state index in [0.717, 1.165) is 61.8 Å². The largest absolute Gasteiger partial charge is 0.416 e. The molecule has 0 saturated carbocycles. The van der Waals surface area contributed by atoms with Crippen LogP contribution >= 0.6 is 0 Å². The maximum Gasteiger partial charge on any atom is 0.416 e. The number of hydrogen-bond donors (Lipinski definition) is 0. The van der Waals surface area contributed by atoms with Crippen LogP contribution in [0.5, 0.6) is 0 Å². The monoisotopic (exact) mass is 701 g/mol. The third-order valence-electron chi connectivity index (χ3n) is 9.66. The summed E-state index contributed by atoms with van der Waals surface area (Å²) < 4.78 is 69.5. The number of likely N-dealkylation sites (tertiary alicyclic amines) is 1. The fourth-order valence-corrected chi connectivity index (χ4v) is 6.82. The summed E-state index contributed by atoms with van der Waals surface area (Å²) in [5.41, 5.74) is 2.68. The molecule has 0 bridgehead atoms. The first-order valence-electron chi connectivity index (χ1n) is 17.4. The van der Waals surface area contributed by atoms with Crippen LogP contribution in [0.3, 0.4) is 0 Å². The molecule has 1 saturated heterocycles. The molecule has 1 aliphatic rings. The minimum Gasteiger partial charge on any atom is -0.337 e. The van der Waals surface area contributed by atoms with Crippen molar-refractivity contribution in [3.8, 4) is 11.1 Å². The van der Waals surface area contributed by atoms with Crippen molar-refractivity contribution in [3.05, 3.63) is 141 Å². The second kappa shape index (κ2) is 16.0. The Hall–Kier alpha value is -4.83. The van der Waals surface area contributed by atoms with Gasteiger partial charge in [0, 0.05) is 30.2 Å². The van der Waals surface area contributed by atoms with Crippen LogP contribution < -0.4 is 5.43 Å². The van der Waals surface area contributed by atoms with Gasteiger partial charge in [-0.25, -0.2) is 8.78 Å². The number of fused-ring (bicyclic) bond motifs is 1. The lowest BCUT2D eigenvalue weighted by Gasteiger charge is -2.26. The SMILES string of the molecule is O=C(Cn1c(CCc2cccc(F)c2F)cc(=O)c2ccccc21)N(CCCCN1CCCC1)Cc1ccc(-c2ccc(C(F)(F)F)cc2)cc1. The van der Waals surface area contributed by atoms with E-state index in [0.29, 0.717) is 35.2 Å². The van der Waals surface area contributed by atoms with Crippen molar-refractivity contribution in [2.75, 3.05) is 26.2 Å². The van der Waals surface area contributed by atoms with E-state index in [2.05, 4.69) is 4.90 Å². The average Bonchev–Trinajstić information content (AvgIpc) is 3.65. The van der Waals surface area contributed by atoms with Crippen LogP contribution in [0.15, 0.2) is 102 Å². The lowest BCUT2D eigenvalue weighted by atomic mass is 10.0. The van der Waals surface area contributed by atoms with Crippen molar-refractivity contribution in [2.45, 2.75) is 57.8 Å². The minimum absolute atomic E-state index is 0.0580. The number of pyridine rings is 1. The number of carbonyl (C=O) groups is 1. The van der Waals surface area contributed by atoms with Gasteiger partial charge in [-0.15, -0.1) is 0 Å². The Balaban J connectivity index is 1.24. The number of halogens is 5. The van der Waals surface area contributed by atoms with E-state index in [-0.39, 0.29) is 36.3 Å². The van der Waals surface area contributed by atoms with Gasteiger partial charge in [0.05, 0.1) is 11.1 Å². The number of aromatic nitrogens is 1. The van der Waals surface area contributed by atoms with Crippen molar-refractivity contribution in [1.29, 1.82) is 0 Å². The molecule has 0 unspecified atom stereocenters. The van der Waals surface area contributed by atoms with Crippen molar-refractivity contribution in [3.63, 3.8) is 0 Å². The number of unbranched alkanes of at least 4 members (excludes halogenated alkanes) is 1. The summed E-state index contributed by atoms with van der Waals surface area (Å²) in [5.74, 6) is -2.02. The highest BCUT2D eigenvalue weighted by Gasteiger charge is 2.30. The third-order valence-corrected chi connectivity index (χ3v) is 9.66. The molecule has 0 N–H and O–H groups in total. The summed E-state index contributed by atoms with van der Waals surface area (Å²) in [6.07, 6.45) is 0.0816. The zero-order chi connectivity index (χ0) is 36.0. The van der Waals surface area contributed by atoms with Gasteiger partial charge >= 0.3 is 6.18 Å². The lowest BCUT2D eigenvalue weighted by Crippen LogP contribution is -2.35. The predicted octanol–water partition coefficient (Wildman–Crippen LogP) is 8.66. The minimum atomic E-state index is -4.41. The summed E-state index contributed by atoms with van der Waals surface area (Å²) in [6.45, 7) is 3.92. The van der Waals surface area contributed by atoms with E-state index in [4.69, 9.17) is 0 Å². The number of rotatable bonds is 13. The van der Waals surface area contributed by atoms with Gasteiger partial charge in [-0.3, -0.25) is 9.59 Å². The van der Waals surface area contributed by atoms with Crippen molar-refractivity contribution in [2.24, 2.45) is 0 Å². The molecule has 1 amide bonds. The van der Waals surface area contributed by atoms with Crippen molar-refractivity contribution >= 4 is 16.8 Å². The second-order valence-corrected chi connectivity index (χ2v) is 13.2. The summed E-state index contributed by atoms with van der Waals surface area (Å²) in [4.78, 5) is 31.6. The second-order valence-electron chi connectivity index (χ2n) is 13.2. The van der Waals surface area contributed by atoms with E-state index in [9.17, 15) is 31.5 Å². The van der Waals surface area contributed by atoms with Crippen LogP contribution in [-0.2, 0) is 36.9 Å². The van der Waals surface area contributed by atoms with Gasteiger partial charge in [0.15, 0.2) is 17.1 Å². The van der Waals surface area contributed by atoms with Gasteiger partial charge in [0.2, 0.25) is 5.91 Å². The molecule has 5 nitrogen and oxygen atoms in total. The molecule has 4 aromatic carbocycles. The molecule has 1 aromatic heterocycles. The van der Waals surface area contributed by atoms with E-state index in [1.54, 1.807) is 33.7 Å². The first-order valence-corrected chi connectivity index (χ1v) is 17.4. The number of carbonyl (C=O) groups excluding carboxylic acids is 1. The molecular weight excluding hydrogens is 661 g/mol. The van der Waals surface area contributed by atoms with E-state index < -0.39 is 23.4 Å². The molecule has 6 rings (SSSR count). The first-order chi connectivity index (χ1) is 24.6. The Bertz CT molecular complexity index is 2020. The van der Waals surface area contributed by atoms with E-state index in [1.165, 1.54) is 43.2 Å². The molecule has 10 heteroatoms. The normalized spacial score (nSPS) is 13.6. The van der Waals surface area contributed by atoms with Crippen LogP contribution in [0.1, 0.15) is 48.1 Å². The lowest BCUT2D eigenvalue weighted by molar-refractivity contribution is -0.137. The Labute approximate surface area is 293 Å². The maximum atomic E-state index is 14.5. The highest BCUT2D eigenvalue weighted by atomic mass is 19.4. The molecule has 0 aliphatic carbocycles. The summed E-state index contributed by atoms with van der Waals surface area (Å²) >= 11 is 0. The Morgan fingerprint density at radius 2 is 1.47 bits per heavy atom. The first kappa shape index (κ1) is 36.0. The van der Waals surface area contributed by atoms with Crippen molar-refractivity contribution < 1.29 is 26.7 Å². The highest BCUT2D eigenvalue weighted by Crippen LogP contribution is 2.31. The van der Waals surface area contributed by atoms with Crippen LogP contribution in [0.25, 0.3) is 22.0 Å². The Kier molecular flexibility index (Phi) is 11.3. The maximum absolute atomic E-state index is 14.5. The summed E-state index contributed by atoms with van der Waals surface area (Å²) in [5, 5.41) is 0.460. The Morgan fingerprint density at radius 3 is 2.18 bits per heavy atom. The number of benzene rings is 4. The predicted molar refractivity (Wildman–Crippen MR) is 189 cm³/mol. The van der Waals surface area contributed by atoms with Gasteiger partial charge in [-0.05, 0) is 111 Å². The smallest absolute Gasteiger partial charge is 0.337 e. The zero-order valence-electron chi connectivity index (χ0n) is 28.3. The zero-order valence-corrected chi connectivity index (χ0v) is 28.3. The van der Waals surface area contributed by atoms with Gasteiger partial charge < -0.3 is 14.4 Å². The fourth-order valence-electron chi connectivity index (χ4n) is 6.82. The standard InChI is InChI=1S/C41H40F5N3O2/c42-36-10-7-8-32(40(36)43)18-21-34-26-38(50)35-9-1-2-11-37(35)49(34)28-39(51)48(25-6-5-24-47-22-3-4-23-47)27-29-12-14-30(15-13-29)31-16-19-33(20-17-31)41(44,45)46/h1-2,7-17,19-20,26H,3-6,18,21-25,27-28H2. The van der Waals surface area contributed by atoms with Crippen LogP contribution in [0.2, 0.25) is 0 Å². The van der Waals surface area contributed by atoms with Crippen LogP contribution in [0.4, 0.5) is 22.0 Å². The molecule has 1 aliphatic heterocycles. The quantitative estimate of drug-likeness (QED) is 0.0913. The molecule has 1 fully saturated rings. The van der Waals surface area contributed by atoms with Crippen LogP contribution in [-0.4, -0.2) is 46.5 Å². The molecule has 266 valence electrons. The van der Waals surface area contributed by atoms with Gasteiger partial charge in [0.25, 0.3) is 0 Å². The van der Waals surface area contributed by atoms with Gasteiger partial charge in [-0.1, -0.05) is 60.7 Å². The molecule has 5 aromatic rings.